The monoisotopic (exact) mass is 169 g/mol. The second-order valence-electron chi connectivity index (χ2n) is 2.40. The van der Waals surface area contributed by atoms with E-state index in [1.165, 1.54) is 0 Å². The minimum atomic E-state index is -2.87. The van der Waals surface area contributed by atoms with E-state index in [1.807, 2.05) is 0 Å². The zero-order valence-electron chi connectivity index (χ0n) is 6.23. The second kappa shape index (κ2) is 6.46. The van der Waals surface area contributed by atoms with E-state index in [2.05, 4.69) is 0 Å². The highest BCUT2D eigenvalue weighted by molar-refractivity contribution is 4.58. The standard InChI is InChI=1S/C7H12F3O/c8-6(7(9)10)4-2-1-3-5-11/h6-7H,1-5H2. The summed E-state index contributed by atoms with van der Waals surface area (Å²) in [5.41, 5.74) is 0. The smallest absolute Gasteiger partial charge is 0.241 e. The van der Waals surface area contributed by atoms with Gasteiger partial charge in [0.25, 0.3) is 6.43 Å². The second-order valence-corrected chi connectivity index (χ2v) is 2.40. The molecule has 0 aliphatic carbocycles. The number of hydrogen-bond donors (Lipinski definition) is 0. The molecule has 1 nitrogen and oxygen atoms in total. The Morgan fingerprint density at radius 2 is 1.64 bits per heavy atom. The highest BCUT2D eigenvalue weighted by Gasteiger charge is 2.17. The SMILES string of the molecule is [O]CCCCCC(F)C(F)F. The molecule has 0 bridgehead atoms. The van der Waals surface area contributed by atoms with Crippen LogP contribution in [0.4, 0.5) is 13.2 Å². The van der Waals surface area contributed by atoms with Gasteiger partial charge in [-0.1, -0.05) is 12.8 Å². The van der Waals surface area contributed by atoms with Crippen LogP contribution in [-0.4, -0.2) is 19.2 Å². The van der Waals surface area contributed by atoms with E-state index in [0.29, 0.717) is 19.3 Å². The normalized spacial score (nSPS) is 13.9. The molecule has 0 aliphatic heterocycles. The fourth-order valence-electron chi connectivity index (χ4n) is 0.744. The third kappa shape index (κ3) is 6.16. The molecule has 0 rings (SSSR count). The summed E-state index contributed by atoms with van der Waals surface area (Å²) < 4.78 is 35.1. The van der Waals surface area contributed by atoms with Gasteiger partial charge in [0, 0.05) is 0 Å². The maximum Gasteiger partial charge on any atom is 0.269 e. The fourth-order valence-corrected chi connectivity index (χ4v) is 0.744. The lowest BCUT2D eigenvalue weighted by atomic mass is 10.1. The van der Waals surface area contributed by atoms with Crippen LogP contribution in [0, 0.1) is 0 Å². The molecular formula is C7H12F3O. The molecule has 0 amide bonds. The maximum atomic E-state index is 12.1. The summed E-state index contributed by atoms with van der Waals surface area (Å²) >= 11 is 0. The number of alkyl halides is 3. The Bertz CT molecular complexity index is 87.8. The average molecular weight is 169 g/mol. The van der Waals surface area contributed by atoms with E-state index >= 15 is 0 Å². The minimum absolute atomic E-state index is 0.127. The number of halogens is 3. The Morgan fingerprint density at radius 1 is 1.00 bits per heavy atom. The predicted molar refractivity (Wildman–Crippen MR) is 34.9 cm³/mol. The van der Waals surface area contributed by atoms with Crippen molar-refractivity contribution in [2.75, 3.05) is 6.61 Å². The molecule has 11 heavy (non-hydrogen) atoms. The quantitative estimate of drug-likeness (QED) is 0.544. The molecule has 67 valence electrons. The summed E-state index contributed by atoms with van der Waals surface area (Å²) in [5, 5.41) is 9.87. The Balaban J connectivity index is 3.10. The molecule has 0 aromatic carbocycles. The predicted octanol–water partition coefficient (Wildman–Crippen LogP) is 2.58. The first-order valence-corrected chi connectivity index (χ1v) is 3.68. The lowest BCUT2D eigenvalue weighted by molar-refractivity contribution is 0.0437. The fraction of sp³-hybridized carbons (Fsp3) is 1.00. The maximum absolute atomic E-state index is 12.1. The zero-order chi connectivity index (χ0) is 8.69. The molecule has 4 heteroatoms. The Kier molecular flexibility index (Phi) is 6.31. The zero-order valence-corrected chi connectivity index (χ0v) is 6.23. The summed E-state index contributed by atoms with van der Waals surface area (Å²) in [6, 6.07) is 0. The number of unbranched alkanes of at least 4 members (excludes halogenated alkanes) is 2. The molecule has 0 fully saturated rings. The van der Waals surface area contributed by atoms with Crippen LogP contribution in [0.2, 0.25) is 0 Å². The van der Waals surface area contributed by atoms with Crippen molar-refractivity contribution in [2.45, 2.75) is 38.3 Å². The molecule has 0 aromatic rings. The van der Waals surface area contributed by atoms with Gasteiger partial charge in [0.05, 0.1) is 6.61 Å². The molecule has 0 heterocycles. The van der Waals surface area contributed by atoms with Crippen molar-refractivity contribution >= 4 is 0 Å². The van der Waals surface area contributed by atoms with Crippen molar-refractivity contribution in [3.05, 3.63) is 0 Å². The van der Waals surface area contributed by atoms with Gasteiger partial charge in [-0.2, -0.15) is 0 Å². The number of rotatable bonds is 6. The summed E-state index contributed by atoms with van der Waals surface area (Å²) in [6.07, 6.45) is -3.62. The average Bonchev–Trinajstić information content (AvgIpc) is 1.97. The first-order chi connectivity index (χ1) is 5.18. The van der Waals surface area contributed by atoms with Crippen LogP contribution in [0.1, 0.15) is 25.7 Å². The van der Waals surface area contributed by atoms with Crippen LogP contribution in [0.5, 0.6) is 0 Å². The largest absolute Gasteiger partial charge is 0.269 e. The van der Waals surface area contributed by atoms with E-state index in [0.717, 1.165) is 0 Å². The topological polar surface area (TPSA) is 19.9 Å². The van der Waals surface area contributed by atoms with E-state index in [4.69, 9.17) is 0 Å². The molecule has 1 radical (unpaired) electrons. The first-order valence-electron chi connectivity index (χ1n) is 3.68. The van der Waals surface area contributed by atoms with E-state index in [9.17, 15) is 18.3 Å². The summed E-state index contributed by atoms with van der Waals surface area (Å²) in [4.78, 5) is 0. The van der Waals surface area contributed by atoms with Crippen LogP contribution in [0.25, 0.3) is 0 Å². The molecule has 1 atom stereocenters. The third-order valence-corrected chi connectivity index (χ3v) is 1.40. The molecule has 1 unspecified atom stereocenters. The van der Waals surface area contributed by atoms with Crippen molar-refractivity contribution in [1.29, 1.82) is 0 Å². The van der Waals surface area contributed by atoms with Crippen molar-refractivity contribution in [3.63, 3.8) is 0 Å². The lowest BCUT2D eigenvalue weighted by Gasteiger charge is -2.04. The van der Waals surface area contributed by atoms with Gasteiger partial charge >= 0.3 is 0 Å². The molecule has 0 spiro atoms. The van der Waals surface area contributed by atoms with Crippen molar-refractivity contribution in [2.24, 2.45) is 0 Å². The summed E-state index contributed by atoms with van der Waals surface area (Å²) in [5.74, 6) is 0. The Hall–Kier alpha value is -0.250. The van der Waals surface area contributed by atoms with Gasteiger partial charge < -0.3 is 0 Å². The summed E-state index contributed by atoms with van der Waals surface area (Å²) in [6.45, 7) is -0.203. The number of hydrogen-bond acceptors (Lipinski definition) is 0. The van der Waals surface area contributed by atoms with Gasteiger partial charge in [-0.05, 0) is 12.8 Å². The Morgan fingerprint density at radius 3 is 2.09 bits per heavy atom. The van der Waals surface area contributed by atoms with Crippen LogP contribution in [0.15, 0.2) is 0 Å². The molecule has 0 aromatic heterocycles. The van der Waals surface area contributed by atoms with Gasteiger partial charge in [-0.15, -0.1) is 0 Å². The van der Waals surface area contributed by atoms with Crippen molar-refractivity contribution in [1.82, 2.24) is 0 Å². The molecule has 0 N–H and O–H groups in total. The Labute approximate surface area is 64.2 Å². The van der Waals surface area contributed by atoms with Gasteiger partial charge in [-0.25, -0.2) is 18.3 Å². The molecule has 0 saturated heterocycles. The van der Waals surface area contributed by atoms with Crippen molar-refractivity contribution < 1.29 is 18.3 Å². The highest BCUT2D eigenvalue weighted by atomic mass is 19.3. The van der Waals surface area contributed by atoms with Gasteiger partial charge in [0.1, 0.15) is 0 Å². The van der Waals surface area contributed by atoms with Gasteiger partial charge in [0.15, 0.2) is 6.17 Å². The van der Waals surface area contributed by atoms with E-state index in [1.54, 1.807) is 0 Å². The first kappa shape index (κ1) is 10.8. The molecular weight excluding hydrogens is 157 g/mol. The minimum Gasteiger partial charge on any atom is -0.241 e. The highest BCUT2D eigenvalue weighted by Crippen LogP contribution is 2.13. The molecule has 0 saturated carbocycles. The van der Waals surface area contributed by atoms with Crippen LogP contribution in [-0.2, 0) is 5.11 Å². The van der Waals surface area contributed by atoms with Gasteiger partial charge in [0.2, 0.25) is 0 Å². The lowest BCUT2D eigenvalue weighted by Crippen LogP contribution is -2.11. The van der Waals surface area contributed by atoms with Crippen LogP contribution >= 0.6 is 0 Å². The van der Waals surface area contributed by atoms with E-state index in [-0.39, 0.29) is 13.0 Å². The van der Waals surface area contributed by atoms with Crippen LogP contribution in [0.3, 0.4) is 0 Å². The third-order valence-electron chi connectivity index (χ3n) is 1.40. The molecule has 0 aliphatic rings. The van der Waals surface area contributed by atoms with E-state index < -0.39 is 12.6 Å². The van der Waals surface area contributed by atoms with Crippen molar-refractivity contribution in [3.8, 4) is 0 Å². The summed E-state index contributed by atoms with van der Waals surface area (Å²) in [7, 11) is 0. The van der Waals surface area contributed by atoms with Crippen LogP contribution < -0.4 is 0 Å². The van der Waals surface area contributed by atoms with Gasteiger partial charge in [-0.3, -0.25) is 0 Å².